The number of rotatable bonds is 2. The highest BCUT2D eigenvalue weighted by Crippen LogP contribution is 2.23. The Morgan fingerprint density at radius 3 is 2.67 bits per heavy atom. The maximum Gasteiger partial charge on any atom is 0.146 e. The lowest BCUT2D eigenvalue weighted by Crippen LogP contribution is -2.02. The topological polar surface area (TPSA) is 61.3 Å². The third-order valence-corrected chi connectivity index (χ3v) is 1.62. The van der Waals surface area contributed by atoms with Gasteiger partial charge >= 0.3 is 0 Å². The lowest BCUT2D eigenvalue weighted by atomic mass is 10.2. The van der Waals surface area contributed by atoms with Crippen molar-refractivity contribution in [3.05, 3.63) is 23.5 Å². The molecule has 1 aromatic carbocycles. The van der Waals surface area contributed by atoms with Crippen LogP contribution in [0.3, 0.4) is 0 Å². The van der Waals surface area contributed by atoms with E-state index in [9.17, 15) is 4.39 Å². The van der Waals surface area contributed by atoms with Gasteiger partial charge in [-0.15, -0.1) is 0 Å². The van der Waals surface area contributed by atoms with Crippen LogP contribution in [0.15, 0.2) is 12.1 Å². The Kier molecular flexibility index (Phi) is 2.50. The molecule has 0 unspecified atom stereocenters. The SMILES string of the molecule is COc1cc(N)c(F)cc1CN. The number of hydrogen-bond donors (Lipinski definition) is 2. The molecule has 0 radical (unpaired) electrons. The molecule has 1 aromatic rings. The minimum Gasteiger partial charge on any atom is -0.496 e. The number of hydrogen-bond acceptors (Lipinski definition) is 3. The van der Waals surface area contributed by atoms with Crippen LogP contribution in [0.5, 0.6) is 5.75 Å². The standard InChI is InChI=1S/C8H11FN2O/c1-12-8-3-7(11)6(9)2-5(8)4-10/h2-3H,4,10-11H2,1H3. The highest BCUT2D eigenvalue weighted by atomic mass is 19.1. The summed E-state index contributed by atoms with van der Waals surface area (Å²) >= 11 is 0. The van der Waals surface area contributed by atoms with Gasteiger partial charge in [0.1, 0.15) is 11.6 Å². The first-order chi connectivity index (χ1) is 5.69. The van der Waals surface area contributed by atoms with Gasteiger partial charge in [0, 0.05) is 18.2 Å². The molecule has 0 aromatic heterocycles. The Hall–Kier alpha value is -1.29. The van der Waals surface area contributed by atoms with Gasteiger partial charge in [0.05, 0.1) is 12.8 Å². The van der Waals surface area contributed by atoms with Gasteiger partial charge in [-0.3, -0.25) is 0 Å². The predicted octanol–water partition coefficient (Wildman–Crippen LogP) is 0.875. The minimum atomic E-state index is -0.462. The van der Waals surface area contributed by atoms with E-state index >= 15 is 0 Å². The van der Waals surface area contributed by atoms with E-state index in [0.717, 1.165) is 0 Å². The number of halogens is 1. The van der Waals surface area contributed by atoms with Crippen molar-refractivity contribution in [1.82, 2.24) is 0 Å². The second kappa shape index (κ2) is 3.40. The van der Waals surface area contributed by atoms with Crippen molar-refractivity contribution in [2.45, 2.75) is 6.54 Å². The van der Waals surface area contributed by atoms with Crippen LogP contribution >= 0.6 is 0 Å². The second-order valence-electron chi connectivity index (χ2n) is 2.39. The molecule has 3 nitrogen and oxygen atoms in total. The van der Waals surface area contributed by atoms with Crippen molar-refractivity contribution in [1.29, 1.82) is 0 Å². The zero-order valence-corrected chi connectivity index (χ0v) is 6.80. The molecule has 1 rings (SSSR count). The number of nitrogen functional groups attached to an aromatic ring is 1. The van der Waals surface area contributed by atoms with Gasteiger partial charge in [-0.25, -0.2) is 4.39 Å². The first-order valence-corrected chi connectivity index (χ1v) is 3.51. The van der Waals surface area contributed by atoms with E-state index in [1.54, 1.807) is 0 Å². The zero-order chi connectivity index (χ0) is 9.14. The van der Waals surface area contributed by atoms with E-state index < -0.39 is 5.82 Å². The van der Waals surface area contributed by atoms with E-state index in [4.69, 9.17) is 16.2 Å². The van der Waals surface area contributed by atoms with E-state index in [2.05, 4.69) is 0 Å². The number of benzene rings is 1. The molecule has 0 saturated carbocycles. The molecule has 0 fully saturated rings. The van der Waals surface area contributed by atoms with Crippen molar-refractivity contribution in [2.75, 3.05) is 12.8 Å². The van der Waals surface area contributed by atoms with E-state index in [-0.39, 0.29) is 12.2 Å². The summed E-state index contributed by atoms with van der Waals surface area (Å²) in [6.07, 6.45) is 0. The monoisotopic (exact) mass is 170 g/mol. The maximum absolute atomic E-state index is 12.8. The summed E-state index contributed by atoms with van der Waals surface area (Å²) in [5.41, 5.74) is 11.4. The van der Waals surface area contributed by atoms with Crippen LogP contribution in [-0.4, -0.2) is 7.11 Å². The van der Waals surface area contributed by atoms with E-state index in [1.807, 2.05) is 0 Å². The Labute approximate surface area is 70.1 Å². The fourth-order valence-electron chi connectivity index (χ4n) is 0.960. The van der Waals surface area contributed by atoms with Crippen molar-refractivity contribution in [3.8, 4) is 5.75 Å². The Morgan fingerprint density at radius 1 is 1.50 bits per heavy atom. The molecule has 0 aliphatic heterocycles. The molecule has 0 aliphatic rings. The Morgan fingerprint density at radius 2 is 2.17 bits per heavy atom. The first kappa shape index (κ1) is 8.80. The lowest BCUT2D eigenvalue weighted by molar-refractivity contribution is 0.409. The average molecular weight is 170 g/mol. The van der Waals surface area contributed by atoms with Crippen LogP contribution < -0.4 is 16.2 Å². The molecule has 4 N–H and O–H groups in total. The summed E-state index contributed by atoms with van der Waals surface area (Å²) in [4.78, 5) is 0. The van der Waals surface area contributed by atoms with E-state index in [0.29, 0.717) is 11.3 Å². The molecular formula is C8H11FN2O. The molecule has 12 heavy (non-hydrogen) atoms. The zero-order valence-electron chi connectivity index (χ0n) is 6.80. The molecule has 0 amide bonds. The molecule has 0 aliphatic carbocycles. The number of anilines is 1. The van der Waals surface area contributed by atoms with Crippen LogP contribution in [0, 0.1) is 5.82 Å². The fraction of sp³-hybridized carbons (Fsp3) is 0.250. The van der Waals surface area contributed by atoms with Gasteiger partial charge in [0.2, 0.25) is 0 Å². The summed E-state index contributed by atoms with van der Waals surface area (Å²) in [5, 5.41) is 0. The number of ether oxygens (including phenoxy) is 1. The van der Waals surface area contributed by atoms with Crippen molar-refractivity contribution >= 4 is 5.69 Å². The van der Waals surface area contributed by atoms with Gasteiger partial charge in [0.25, 0.3) is 0 Å². The van der Waals surface area contributed by atoms with Gasteiger partial charge in [-0.1, -0.05) is 0 Å². The summed E-state index contributed by atoms with van der Waals surface area (Å²) < 4.78 is 17.8. The van der Waals surface area contributed by atoms with Crippen LogP contribution in [-0.2, 0) is 6.54 Å². The van der Waals surface area contributed by atoms with Crippen molar-refractivity contribution < 1.29 is 9.13 Å². The number of methoxy groups -OCH3 is 1. The third kappa shape index (κ3) is 1.48. The molecule has 0 atom stereocenters. The summed E-state index contributed by atoms with van der Waals surface area (Å²) in [5.74, 6) is 0.0626. The molecule has 4 heteroatoms. The summed E-state index contributed by atoms with van der Waals surface area (Å²) in [6.45, 7) is 0.236. The average Bonchev–Trinajstić information content (AvgIpc) is 2.09. The minimum absolute atomic E-state index is 0.0732. The molecule has 0 heterocycles. The largest absolute Gasteiger partial charge is 0.496 e. The molecule has 0 spiro atoms. The summed E-state index contributed by atoms with van der Waals surface area (Å²) in [7, 11) is 1.49. The molecule has 0 saturated heterocycles. The number of nitrogens with two attached hydrogens (primary N) is 2. The highest BCUT2D eigenvalue weighted by Gasteiger charge is 2.06. The Bertz CT molecular complexity index is 260. The van der Waals surface area contributed by atoms with Gasteiger partial charge < -0.3 is 16.2 Å². The second-order valence-corrected chi connectivity index (χ2v) is 2.39. The van der Waals surface area contributed by atoms with Gasteiger partial charge in [-0.2, -0.15) is 0 Å². The Balaban J connectivity index is 3.19. The van der Waals surface area contributed by atoms with Gasteiger partial charge in [-0.05, 0) is 6.07 Å². The maximum atomic E-state index is 12.8. The lowest BCUT2D eigenvalue weighted by Gasteiger charge is -2.07. The van der Waals surface area contributed by atoms with Crippen LogP contribution in [0.1, 0.15) is 5.56 Å². The molecular weight excluding hydrogens is 159 g/mol. The van der Waals surface area contributed by atoms with Crippen LogP contribution in [0.25, 0.3) is 0 Å². The smallest absolute Gasteiger partial charge is 0.146 e. The van der Waals surface area contributed by atoms with E-state index in [1.165, 1.54) is 19.2 Å². The third-order valence-electron chi connectivity index (χ3n) is 1.62. The first-order valence-electron chi connectivity index (χ1n) is 3.51. The quantitative estimate of drug-likeness (QED) is 0.647. The fourth-order valence-corrected chi connectivity index (χ4v) is 0.960. The predicted molar refractivity (Wildman–Crippen MR) is 45.3 cm³/mol. The van der Waals surface area contributed by atoms with Crippen molar-refractivity contribution in [3.63, 3.8) is 0 Å². The van der Waals surface area contributed by atoms with Crippen LogP contribution in [0.4, 0.5) is 10.1 Å². The van der Waals surface area contributed by atoms with Gasteiger partial charge in [0.15, 0.2) is 0 Å². The molecule has 0 bridgehead atoms. The normalized spacial score (nSPS) is 9.92. The molecule has 66 valence electrons. The highest BCUT2D eigenvalue weighted by molar-refractivity contribution is 5.49. The van der Waals surface area contributed by atoms with Crippen LogP contribution in [0.2, 0.25) is 0 Å². The summed E-state index contributed by atoms with van der Waals surface area (Å²) in [6, 6.07) is 2.71. The van der Waals surface area contributed by atoms with Crippen molar-refractivity contribution in [2.24, 2.45) is 5.73 Å².